The summed E-state index contributed by atoms with van der Waals surface area (Å²) in [6.07, 6.45) is 0.731. The summed E-state index contributed by atoms with van der Waals surface area (Å²) >= 11 is 0. The van der Waals surface area contributed by atoms with Gasteiger partial charge in [0.15, 0.2) is 0 Å². The summed E-state index contributed by atoms with van der Waals surface area (Å²) in [5.74, 6) is 0.309. The van der Waals surface area contributed by atoms with Crippen LogP contribution in [0.15, 0.2) is 0 Å². The molecular formula is C9H19NO2. The Labute approximate surface area is 74.3 Å². The van der Waals surface area contributed by atoms with Crippen LogP contribution in [0.25, 0.3) is 0 Å². The van der Waals surface area contributed by atoms with Gasteiger partial charge in [0.2, 0.25) is 0 Å². The first-order chi connectivity index (χ1) is 5.77. The van der Waals surface area contributed by atoms with Crippen molar-refractivity contribution in [2.45, 2.75) is 19.4 Å². The standard InChI is InChI=1S/C9H19NO2/c1-3-10-5-4-9(11)8(6-10)7-12-2/h8-9,11H,3-7H2,1-2H3/t8-,9+/m0/s1. The Hall–Kier alpha value is -0.120. The Morgan fingerprint density at radius 1 is 1.58 bits per heavy atom. The monoisotopic (exact) mass is 173 g/mol. The van der Waals surface area contributed by atoms with Crippen LogP contribution in [-0.4, -0.2) is 49.5 Å². The molecule has 12 heavy (non-hydrogen) atoms. The topological polar surface area (TPSA) is 32.7 Å². The molecule has 3 heteroatoms. The van der Waals surface area contributed by atoms with Crippen molar-refractivity contribution in [2.24, 2.45) is 5.92 Å². The lowest BCUT2D eigenvalue weighted by Crippen LogP contribution is -2.44. The van der Waals surface area contributed by atoms with Crippen LogP contribution < -0.4 is 0 Å². The van der Waals surface area contributed by atoms with Crippen molar-refractivity contribution in [3.63, 3.8) is 0 Å². The quantitative estimate of drug-likeness (QED) is 0.668. The van der Waals surface area contributed by atoms with Gasteiger partial charge in [-0.05, 0) is 13.0 Å². The zero-order chi connectivity index (χ0) is 8.97. The van der Waals surface area contributed by atoms with Gasteiger partial charge in [0.25, 0.3) is 0 Å². The molecule has 0 unspecified atom stereocenters. The van der Waals surface area contributed by atoms with Gasteiger partial charge in [-0.15, -0.1) is 0 Å². The fourth-order valence-corrected chi connectivity index (χ4v) is 1.76. The molecule has 0 saturated carbocycles. The third-order valence-electron chi connectivity index (χ3n) is 2.61. The Morgan fingerprint density at radius 3 is 2.92 bits per heavy atom. The highest BCUT2D eigenvalue weighted by atomic mass is 16.5. The van der Waals surface area contributed by atoms with Crippen molar-refractivity contribution >= 4 is 0 Å². The van der Waals surface area contributed by atoms with Gasteiger partial charge in [0.1, 0.15) is 0 Å². The van der Waals surface area contributed by atoms with Crippen LogP contribution in [-0.2, 0) is 4.74 Å². The van der Waals surface area contributed by atoms with Crippen molar-refractivity contribution in [3.05, 3.63) is 0 Å². The molecule has 1 aliphatic rings. The Morgan fingerprint density at radius 2 is 2.33 bits per heavy atom. The Bertz CT molecular complexity index is 130. The van der Waals surface area contributed by atoms with E-state index < -0.39 is 0 Å². The second-order valence-electron chi connectivity index (χ2n) is 3.46. The minimum absolute atomic E-state index is 0.159. The van der Waals surface area contributed by atoms with E-state index in [-0.39, 0.29) is 6.10 Å². The number of methoxy groups -OCH3 is 1. The van der Waals surface area contributed by atoms with Gasteiger partial charge in [0, 0.05) is 26.1 Å². The van der Waals surface area contributed by atoms with Crippen molar-refractivity contribution in [1.82, 2.24) is 4.90 Å². The maximum absolute atomic E-state index is 9.61. The number of rotatable bonds is 3. The lowest BCUT2D eigenvalue weighted by Gasteiger charge is -2.35. The van der Waals surface area contributed by atoms with E-state index in [0.29, 0.717) is 12.5 Å². The maximum atomic E-state index is 9.61. The lowest BCUT2D eigenvalue weighted by atomic mass is 9.95. The lowest BCUT2D eigenvalue weighted by molar-refractivity contribution is -0.00870. The predicted octanol–water partition coefficient (Wildman–Crippen LogP) is 0.335. The van der Waals surface area contributed by atoms with Crippen molar-refractivity contribution in [3.8, 4) is 0 Å². The number of likely N-dealkylation sites (tertiary alicyclic amines) is 1. The second kappa shape index (κ2) is 4.80. The summed E-state index contributed by atoms with van der Waals surface area (Å²) in [6.45, 7) is 5.91. The first-order valence-electron chi connectivity index (χ1n) is 4.67. The van der Waals surface area contributed by atoms with Gasteiger partial charge in [-0.1, -0.05) is 6.92 Å². The molecule has 0 bridgehead atoms. The molecule has 72 valence electrons. The number of hydrogen-bond donors (Lipinski definition) is 1. The highest BCUT2D eigenvalue weighted by Crippen LogP contribution is 2.16. The smallest absolute Gasteiger partial charge is 0.0614 e. The molecule has 2 atom stereocenters. The second-order valence-corrected chi connectivity index (χ2v) is 3.46. The average molecular weight is 173 g/mol. The third kappa shape index (κ3) is 2.44. The molecule has 0 aromatic heterocycles. The fourth-order valence-electron chi connectivity index (χ4n) is 1.76. The molecule has 1 heterocycles. The summed E-state index contributed by atoms with van der Waals surface area (Å²) in [6, 6.07) is 0. The van der Waals surface area contributed by atoms with Crippen molar-refractivity contribution < 1.29 is 9.84 Å². The molecule has 3 nitrogen and oxygen atoms in total. The number of hydrogen-bond acceptors (Lipinski definition) is 3. The highest BCUT2D eigenvalue weighted by Gasteiger charge is 2.26. The molecule has 0 aromatic carbocycles. The normalized spacial score (nSPS) is 32.2. The Kier molecular flexibility index (Phi) is 3.98. The fraction of sp³-hybridized carbons (Fsp3) is 1.00. The minimum Gasteiger partial charge on any atom is -0.393 e. The average Bonchev–Trinajstić information content (AvgIpc) is 2.09. The first-order valence-corrected chi connectivity index (χ1v) is 4.67. The van der Waals surface area contributed by atoms with Crippen LogP contribution in [0.3, 0.4) is 0 Å². The van der Waals surface area contributed by atoms with Gasteiger partial charge < -0.3 is 14.7 Å². The number of piperidine rings is 1. The van der Waals surface area contributed by atoms with E-state index in [9.17, 15) is 5.11 Å². The zero-order valence-electron chi connectivity index (χ0n) is 7.99. The molecule has 0 aromatic rings. The number of aliphatic hydroxyl groups is 1. The minimum atomic E-state index is -0.159. The van der Waals surface area contributed by atoms with Crippen molar-refractivity contribution in [1.29, 1.82) is 0 Å². The Balaban J connectivity index is 2.36. The SMILES string of the molecule is CCN1CC[C@@H](O)[C@H](COC)C1. The maximum Gasteiger partial charge on any atom is 0.0614 e. The van der Waals surface area contributed by atoms with Crippen LogP contribution in [0, 0.1) is 5.92 Å². The molecule has 1 aliphatic heterocycles. The summed E-state index contributed by atoms with van der Waals surface area (Å²) in [4.78, 5) is 2.36. The largest absolute Gasteiger partial charge is 0.393 e. The van der Waals surface area contributed by atoms with Crippen LogP contribution in [0.5, 0.6) is 0 Å². The molecule has 1 saturated heterocycles. The van der Waals surface area contributed by atoms with Crippen LogP contribution in [0.4, 0.5) is 0 Å². The van der Waals surface area contributed by atoms with Crippen LogP contribution in [0.1, 0.15) is 13.3 Å². The van der Waals surface area contributed by atoms with Gasteiger partial charge in [-0.3, -0.25) is 0 Å². The van der Waals surface area contributed by atoms with E-state index in [4.69, 9.17) is 4.74 Å². The molecule has 1 N–H and O–H groups in total. The zero-order valence-corrected chi connectivity index (χ0v) is 7.99. The van der Waals surface area contributed by atoms with Crippen LogP contribution in [0.2, 0.25) is 0 Å². The summed E-state index contributed by atoms with van der Waals surface area (Å²) in [7, 11) is 1.69. The van der Waals surface area contributed by atoms with E-state index in [0.717, 1.165) is 26.1 Å². The number of nitrogens with zero attached hydrogens (tertiary/aromatic N) is 1. The third-order valence-corrected chi connectivity index (χ3v) is 2.61. The van der Waals surface area contributed by atoms with Crippen LogP contribution >= 0.6 is 0 Å². The molecular weight excluding hydrogens is 154 g/mol. The molecule has 0 spiro atoms. The van der Waals surface area contributed by atoms with E-state index in [2.05, 4.69) is 11.8 Å². The van der Waals surface area contributed by atoms with Gasteiger partial charge in [-0.2, -0.15) is 0 Å². The van der Waals surface area contributed by atoms with Gasteiger partial charge >= 0.3 is 0 Å². The molecule has 1 rings (SSSR count). The number of ether oxygens (including phenoxy) is 1. The van der Waals surface area contributed by atoms with Gasteiger partial charge in [0.05, 0.1) is 12.7 Å². The number of aliphatic hydroxyl groups excluding tert-OH is 1. The van der Waals surface area contributed by atoms with E-state index in [1.54, 1.807) is 7.11 Å². The highest BCUT2D eigenvalue weighted by molar-refractivity contribution is 4.78. The van der Waals surface area contributed by atoms with Gasteiger partial charge in [-0.25, -0.2) is 0 Å². The van der Waals surface area contributed by atoms with E-state index in [1.165, 1.54) is 0 Å². The summed E-state index contributed by atoms with van der Waals surface area (Å²) in [5, 5.41) is 9.61. The van der Waals surface area contributed by atoms with Crippen molar-refractivity contribution in [2.75, 3.05) is 33.4 Å². The van der Waals surface area contributed by atoms with E-state index >= 15 is 0 Å². The first kappa shape index (κ1) is 9.96. The summed E-state index contributed by atoms with van der Waals surface area (Å²) in [5.41, 5.74) is 0. The predicted molar refractivity (Wildman–Crippen MR) is 48.1 cm³/mol. The van der Waals surface area contributed by atoms with E-state index in [1.807, 2.05) is 0 Å². The summed E-state index contributed by atoms with van der Waals surface area (Å²) < 4.78 is 5.06. The molecule has 1 fully saturated rings. The molecule has 0 amide bonds. The molecule has 0 radical (unpaired) electrons. The molecule has 0 aliphatic carbocycles.